The second-order valence-electron chi connectivity index (χ2n) is 5.13. The lowest BCUT2D eigenvalue weighted by Crippen LogP contribution is -2.14. The minimum absolute atomic E-state index is 0.153. The van der Waals surface area contributed by atoms with Gasteiger partial charge in [0.15, 0.2) is 0 Å². The van der Waals surface area contributed by atoms with Crippen LogP contribution in [0.1, 0.15) is 11.1 Å². The van der Waals surface area contributed by atoms with Gasteiger partial charge in [-0.2, -0.15) is 0 Å². The number of H-pyrrole nitrogens is 1. The molecular weight excluding hydrogens is 322 g/mol. The Morgan fingerprint density at radius 1 is 1.18 bits per heavy atom. The van der Waals surface area contributed by atoms with Gasteiger partial charge in [-0.25, -0.2) is 13.4 Å². The van der Waals surface area contributed by atoms with Crippen LogP contribution in [0.25, 0.3) is 11.0 Å². The first kappa shape index (κ1) is 14.9. The Bertz CT molecular complexity index is 941. The van der Waals surface area contributed by atoms with Crippen LogP contribution in [0, 0.1) is 13.8 Å². The first-order chi connectivity index (χ1) is 10.4. The average molecular weight is 336 g/mol. The molecular formula is C15H14ClN3O2S. The number of anilines is 1. The van der Waals surface area contributed by atoms with E-state index in [1.54, 1.807) is 18.2 Å². The molecule has 0 aliphatic rings. The standard InChI is InChI=1S/C15H14ClN3O2S/c1-9-5-10(2)15(12(16)6-9)19-22(20,21)11-3-4-13-14(7-11)18-8-17-13/h3-8,19H,1-2H3,(H,17,18). The second-order valence-corrected chi connectivity index (χ2v) is 7.22. The Kier molecular flexibility index (Phi) is 3.58. The van der Waals surface area contributed by atoms with Gasteiger partial charge in [0.2, 0.25) is 0 Å². The molecule has 0 radical (unpaired) electrons. The van der Waals surface area contributed by atoms with Crippen LogP contribution in [-0.4, -0.2) is 18.4 Å². The second kappa shape index (κ2) is 5.30. The van der Waals surface area contributed by atoms with Crippen LogP contribution in [0.2, 0.25) is 5.02 Å². The molecule has 3 rings (SSSR count). The van der Waals surface area contributed by atoms with Crippen molar-refractivity contribution >= 4 is 38.3 Å². The molecule has 7 heteroatoms. The minimum Gasteiger partial charge on any atom is -0.345 e. The van der Waals surface area contributed by atoms with Crippen molar-refractivity contribution in [2.45, 2.75) is 18.7 Å². The molecule has 0 aliphatic heterocycles. The van der Waals surface area contributed by atoms with Crippen molar-refractivity contribution in [3.63, 3.8) is 0 Å². The van der Waals surface area contributed by atoms with Gasteiger partial charge in [0.05, 0.1) is 33.0 Å². The fourth-order valence-corrected chi connectivity index (χ4v) is 3.92. The highest BCUT2D eigenvalue weighted by Crippen LogP contribution is 2.30. The maximum Gasteiger partial charge on any atom is 0.262 e. The number of aromatic nitrogens is 2. The minimum atomic E-state index is -3.72. The molecule has 114 valence electrons. The number of sulfonamides is 1. The summed E-state index contributed by atoms with van der Waals surface area (Å²) in [6.07, 6.45) is 1.52. The van der Waals surface area contributed by atoms with E-state index >= 15 is 0 Å². The van der Waals surface area contributed by atoms with E-state index in [4.69, 9.17) is 11.6 Å². The lowest BCUT2D eigenvalue weighted by molar-refractivity contribution is 0.601. The highest BCUT2D eigenvalue weighted by Gasteiger charge is 2.18. The largest absolute Gasteiger partial charge is 0.345 e. The van der Waals surface area contributed by atoms with E-state index < -0.39 is 10.0 Å². The van der Waals surface area contributed by atoms with Gasteiger partial charge in [-0.05, 0) is 49.2 Å². The van der Waals surface area contributed by atoms with Gasteiger partial charge in [-0.1, -0.05) is 17.7 Å². The summed E-state index contributed by atoms with van der Waals surface area (Å²) in [6.45, 7) is 3.72. The van der Waals surface area contributed by atoms with Gasteiger partial charge in [0.1, 0.15) is 0 Å². The maximum absolute atomic E-state index is 12.6. The number of hydrogen-bond acceptors (Lipinski definition) is 3. The lowest BCUT2D eigenvalue weighted by Gasteiger charge is -2.13. The highest BCUT2D eigenvalue weighted by atomic mass is 35.5. The molecule has 0 saturated carbocycles. The fourth-order valence-electron chi connectivity index (χ4n) is 2.32. The number of hydrogen-bond donors (Lipinski definition) is 2. The summed E-state index contributed by atoms with van der Waals surface area (Å²) in [4.78, 5) is 7.12. The van der Waals surface area contributed by atoms with Crippen LogP contribution in [0.5, 0.6) is 0 Å². The van der Waals surface area contributed by atoms with E-state index in [0.29, 0.717) is 21.7 Å². The Hall–Kier alpha value is -2.05. The Morgan fingerprint density at radius 2 is 1.95 bits per heavy atom. The van der Waals surface area contributed by atoms with Crippen molar-refractivity contribution in [2.75, 3.05) is 4.72 Å². The smallest absolute Gasteiger partial charge is 0.262 e. The monoisotopic (exact) mass is 335 g/mol. The third kappa shape index (κ3) is 2.67. The summed E-state index contributed by atoms with van der Waals surface area (Å²) < 4.78 is 27.7. The van der Waals surface area contributed by atoms with Crippen molar-refractivity contribution in [2.24, 2.45) is 0 Å². The van der Waals surface area contributed by atoms with Crippen LogP contribution in [-0.2, 0) is 10.0 Å². The normalized spacial score (nSPS) is 11.8. The molecule has 0 atom stereocenters. The van der Waals surface area contributed by atoms with Gasteiger partial charge in [0, 0.05) is 0 Å². The number of nitrogens with one attached hydrogen (secondary N) is 2. The third-order valence-corrected chi connectivity index (χ3v) is 5.02. The quantitative estimate of drug-likeness (QED) is 0.767. The number of nitrogens with zero attached hydrogens (tertiary/aromatic N) is 1. The van der Waals surface area contributed by atoms with Crippen LogP contribution in [0.4, 0.5) is 5.69 Å². The van der Waals surface area contributed by atoms with Crippen molar-refractivity contribution in [1.82, 2.24) is 9.97 Å². The summed E-state index contributed by atoms with van der Waals surface area (Å²) in [5.74, 6) is 0. The maximum atomic E-state index is 12.6. The van der Waals surface area contributed by atoms with E-state index in [-0.39, 0.29) is 4.90 Å². The van der Waals surface area contributed by atoms with Crippen molar-refractivity contribution in [3.8, 4) is 0 Å². The molecule has 1 heterocycles. The third-order valence-electron chi connectivity index (χ3n) is 3.37. The molecule has 1 aromatic heterocycles. The van der Waals surface area contributed by atoms with Gasteiger partial charge in [0.25, 0.3) is 10.0 Å². The molecule has 0 aliphatic carbocycles. The van der Waals surface area contributed by atoms with E-state index in [0.717, 1.165) is 11.1 Å². The molecule has 3 aromatic rings. The van der Waals surface area contributed by atoms with Crippen LogP contribution >= 0.6 is 11.6 Å². The molecule has 2 N–H and O–H groups in total. The SMILES string of the molecule is Cc1cc(C)c(NS(=O)(=O)c2ccc3nc[nH]c3c2)c(Cl)c1. The summed E-state index contributed by atoms with van der Waals surface area (Å²) in [5.41, 5.74) is 3.52. The van der Waals surface area contributed by atoms with E-state index in [9.17, 15) is 8.42 Å². The lowest BCUT2D eigenvalue weighted by atomic mass is 10.1. The summed E-state index contributed by atoms with van der Waals surface area (Å²) in [7, 11) is -3.72. The Balaban J connectivity index is 2.03. The molecule has 0 saturated heterocycles. The zero-order valence-corrected chi connectivity index (χ0v) is 13.6. The first-order valence-electron chi connectivity index (χ1n) is 6.59. The van der Waals surface area contributed by atoms with Crippen molar-refractivity contribution in [3.05, 3.63) is 52.8 Å². The van der Waals surface area contributed by atoms with E-state index in [2.05, 4.69) is 14.7 Å². The van der Waals surface area contributed by atoms with Crippen molar-refractivity contribution < 1.29 is 8.42 Å². The molecule has 0 fully saturated rings. The summed E-state index contributed by atoms with van der Waals surface area (Å²) in [5, 5.41) is 0.378. The molecule has 5 nitrogen and oxygen atoms in total. The number of rotatable bonds is 3. The van der Waals surface area contributed by atoms with Crippen LogP contribution < -0.4 is 4.72 Å². The zero-order valence-electron chi connectivity index (χ0n) is 12.0. The number of fused-ring (bicyclic) bond motifs is 1. The first-order valence-corrected chi connectivity index (χ1v) is 8.45. The molecule has 2 aromatic carbocycles. The molecule has 0 bridgehead atoms. The molecule has 0 amide bonds. The average Bonchev–Trinajstić information content (AvgIpc) is 2.90. The number of halogens is 1. The van der Waals surface area contributed by atoms with Gasteiger partial charge in [-0.15, -0.1) is 0 Å². The predicted molar refractivity (Wildman–Crippen MR) is 87.8 cm³/mol. The van der Waals surface area contributed by atoms with Gasteiger partial charge >= 0.3 is 0 Å². The Morgan fingerprint density at radius 3 is 2.68 bits per heavy atom. The number of aryl methyl sites for hydroxylation is 2. The fraction of sp³-hybridized carbons (Fsp3) is 0.133. The van der Waals surface area contributed by atoms with E-state index in [1.807, 2.05) is 19.9 Å². The molecule has 22 heavy (non-hydrogen) atoms. The topological polar surface area (TPSA) is 74.8 Å². The van der Waals surface area contributed by atoms with Crippen molar-refractivity contribution in [1.29, 1.82) is 0 Å². The number of imidazole rings is 1. The van der Waals surface area contributed by atoms with Crippen LogP contribution in [0.15, 0.2) is 41.6 Å². The molecule has 0 unspecified atom stereocenters. The number of aromatic amines is 1. The summed E-state index contributed by atoms with van der Waals surface area (Å²) in [6, 6.07) is 8.32. The molecule has 0 spiro atoms. The van der Waals surface area contributed by atoms with E-state index in [1.165, 1.54) is 12.4 Å². The number of benzene rings is 2. The van der Waals surface area contributed by atoms with Gasteiger partial charge < -0.3 is 4.98 Å². The zero-order chi connectivity index (χ0) is 15.9. The highest BCUT2D eigenvalue weighted by molar-refractivity contribution is 7.92. The Labute approximate surface area is 133 Å². The summed E-state index contributed by atoms with van der Waals surface area (Å²) >= 11 is 6.16. The van der Waals surface area contributed by atoms with Crippen LogP contribution in [0.3, 0.4) is 0 Å². The predicted octanol–water partition coefficient (Wildman–Crippen LogP) is 3.63. The van der Waals surface area contributed by atoms with Gasteiger partial charge in [-0.3, -0.25) is 4.72 Å².